The lowest BCUT2D eigenvalue weighted by Gasteiger charge is -2.09. The summed E-state index contributed by atoms with van der Waals surface area (Å²) < 4.78 is 43.3. The number of benzene rings is 1. The van der Waals surface area contributed by atoms with Gasteiger partial charge in [0.25, 0.3) is 0 Å². The Bertz CT molecular complexity index is 509. The third-order valence-electron chi connectivity index (χ3n) is 2.49. The van der Waals surface area contributed by atoms with E-state index in [2.05, 4.69) is 20.9 Å². The van der Waals surface area contributed by atoms with Crippen LogP contribution in [0.25, 0.3) is 0 Å². The second-order valence-corrected chi connectivity index (χ2v) is 5.56. The molecule has 0 N–H and O–H groups in total. The maximum atomic E-state index is 12.5. The van der Waals surface area contributed by atoms with E-state index in [1.165, 1.54) is 6.07 Å². The number of aliphatic imine (C=N–C) groups is 1. The Balaban J connectivity index is 2.38. The van der Waals surface area contributed by atoms with Gasteiger partial charge in [0.1, 0.15) is 6.61 Å². The second-order valence-electron chi connectivity index (χ2n) is 4.71. The summed E-state index contributed by atoms with van der Waals surface area (Å²) in [5.74, 6) is 0.376. The van der Waals surface area contributed by atoms with Crippen LogP contribution in [0.5, 0.6) is 0 Å². The molecular formula is C12H11BrF3NO. The number of rotatable bonds is 1. The predicted octanol–water partition coefficient (Wildman–Crippen LogP) is 4.02. The Hall–Kier alpha value is -1.04. The summed E-state index contributed by atoms with van der Waals surface area (Å²) in [5.41, 5.74) is -0.498. The summed E-state index contributed by atoms with van der Waals surface area (Å²) in [6.45, 7) is 4.23. The number of nitrogens with zero attached hydrogens (tertiary/aromatic N) is 1. The van der Waals surface area contributed by atoms with E-state index in [0.717, 1.165) is 12.1 Å². The van der Waals surface area contributed by atoms with Crippen molar-refractivity contribution in [1.82, 2.24) is 0 Å². The third kappa shape index (κ3) is 2.68. The molecule has 0 unspecified atom stereocenters. The summed E-state index contributed by atoms with van der Waals surface area (Å²) in [6, 6.07) is 3.43. The number of alkyl halides is 3. The molecule has 0 aromatic heterocycles. The van der Waals surface area contributed by atoms with Gasteiger partial charge in [-0.05, 0) is 48.0 Å². The van der Waals surface area contributed by atoms with Gasteiger partial charge >= 0.3 is 6.18 Å². The minimum atomic E-state index is -4.35. The summed E-state index contributed by atoms with van der Waals surface area (Å²) in [7, 11) is 0. The van der Waals surface area contributed by atoms with Crippen LogP contribution in [-0.2, 0) is 10.9 Å². The van der Waals surface area contributed by atoms with E-state index in [4.69, 9.17) is 4.74 Å². The molecule has 0 radical (unpaired) electrons. The lowest BCUT2D eigenvalue weighted by atomic mass is 10.1. The van der Waals surface area contributed by atoms with Crippen LogP contribution < -0.4 is 0 Å². The number of hydrogen-bond donors (Lipinski definition) is 0. The van der Waals surface area contributed by atoms with Crippen molar-refractivity contribution in [2.45, 2.75) is 25.6 Å². The Kier molecular flexibility index (Phi) is 3.17. The van der Waals surface area contributed by atoms with Crippen LogP contribution in [0.4, 0.5) is 13.2 Å². The zero-order chi connectivity index (χ0) is 13.6. The van der Waals surface area contributed by atoms with Crippen molar-refractivity contribution < 1.29 is 17.9 Å². The molecule has 1 aliphatic rings. The number of halogens is 4. The van der Waals surface area contributed by atoms with Gasteiger partial charge in [-0.1, -0.05) is 0 Å². The van der Waals surface area contributed by atoms with Gasteiger partial charge < -0.3 is 4.74 Å². The standard InChI is InChI=1S/C12H11BrF3NO/c1-11(2)6-18-10(17-11)8-4-3-7(5-9(8)13)12(14,15)16/h3-5H,6H2,1-2H3. The fourth-order valence-corrected chi connectivity index (χ4v) is 2.14. The van der Waals surface area contributed by atoms with Crippen molar-refractivity contribution in [1.29, 1.82) is 0 Å². The molecule has 0 fully saturated rings. The SMILES string of the molecule is CC1(C)COC(c2ccc(C(F)(F)F)cc2Br)=N1. The summed E-state index contributed by atoms with van der Waals surface area (Å²) >= 11 is 3.13. The van der Waals surface area contributed by atoms with Gasteiger partial charge in [0.15, 0.2) is 0 Å². The minimum Gasteiger partial charge on any atom is -0.475 e. The first kappa shape index (κ1) is 13.4. The van der Waals surface area contributed by atoms with Crippen LogP contribution in [0.3, 0.4) is 0 Å². The first-order valence-electron chi connectivity index (χ1n) is 5.29. The fraction of sp³-hybridized carbons (Fsp3) is 0.417. The van der Waals surface area contributed by atoms with Crippen LogP contribution >= 0.6 is 15.9 Å². The van der Waals surface area contributed by atoms with E-state index < -0.39 is 11.7 Å². The Labute approximate surface area is 111 Å². The van der Waals surface area contributed by atoms with Crippen LogP contribution in [0, 0.1) is 0 Å². The molecular weight excluding hydrogens is 311 g/mol. The van der Waals surface area contributed by atoms with E-state index >= 15 is 0 Å². The number of hydrogen-bond acceptors (Lipinski definition) is 2. The van der Waals surface area contributed by atoms with Crippen molar-refractivity contribution in [3.8, 4) is 0 Å². The number of ether oxygens (including phenoxy) is 1. The lowest BCUT2D eigenvalue weighted by molar-refractivity contribution is -0.137. The highest BCUT2D eigenvalue weighted by Gasteiger charge is 2.32. The van der Waals surface area contributed by atoms with Gasteiger partial charge in [-0.15, -0.1) is 0 Å². The van der Waals surface area contributed by atoms with Gasteiger partial charge in [0.2, 0.25) is 5.90 Å². The lowest BCUT2D eigenvalue weighted by Crippen LogP contribution is -2.17. The molecule has 2 nitrogen and oxygen atoms in total. The first-order chi connectivity index (χ1) is 8.19. The second kappa shape index (κ2) is 4.26. The van der Waals surface area contributed by atoms with Crippen LogP contribution in [0.15, 0.2) is 27.7 Å². The van der Waals surface area contributed by atoms with Gasteiger partial charge in [-0.2, -0.15) is 13.2 Å². The molecule has 1 aromatic carbocycles. The minimum absolute atomic E-state index is 0.328. The van der Waals surface area contributed by atoms with Gasteiger partial charge in [0.05, 0.1) is 16.7 Å². The smallest absolute Gasteiger partial charge is 0.416 e. The monoisotopic (exact) mass is 321 g/mol. The molecule has 0 spiro atoms. The normalized spacial score (nSPS) is 18.4. The van der Waals surface area contributed by atoms with Crippen molar-refractivity contribution in [3.63, 3.8) is 0 Å². The highest BCUT2D eigenvalue weighted by atomic mass is 79.9. The van der Waals surface area contributed by atoms with Crippen LogP contribution in [-0.4, -0.2) is 18.0 Å². The van der Waals surface area contributed by atoms with E-state index in [1.54, 1.807) is 0 Å². The highest BCUT2D eigenvalue weighted by molar-refractivity contribution is 9.10. The molecule has 18 heavy (non-hydrogen) atoms. The molecule has 0 aliphatic carbocycles. The van der Waals surface area contributed by atoms with Crippen LogP contribution in [0.2, 0.25) is 0 Å². The summed E-state index contributed by atoms with van der Waals surface area (Å²) in [4.78, 5) is 4.33. The van der Waals surface area contributed by atoms with E-state index in [0.29, 0.717) is 22.5 Å². The third-order valence-corrected chi connectivity index (χ3v) is 3.15. The topological polar surface area (TPSA) is 21.6 Å². The van der Waals surface area contributed by atoms with E-state index in [9.17, 15) is 13.2 Å². The Morgan fingerprint density at radius 2 is 2.00 bits per heavy atom. The molecule has 0 atom stereocenters. The van der Waals surface area contributed by atoms with Crippen molar-refractivity contribution in [2.24, 2.45) is 4.99 Å². The average Bonchev–Trinajstić information content (AvgIpc) is 2.57. The molecule has 6 heteroatoms. The molecule has 0 saturated carbocycles. The molecule has 98 valence electrons. The van der Waals surface area contributed by atoms with Crippen molar-refractivity contribution >= 4 is 21.8 Å². The average molecular weight is 322 g/mol. The van der Waals surface area contributed by atoms with Crippen LogP contribution in [0.1, 0.15) is 25.0 Å². The maximum absolute atomic E-state index is 12.5. The molecule has 1 aliphatic heterocycles. The summed E-state index contributed by atoms with van der Waals surface area (Å²) in [5, 5.41) is 0. The predicted molar refractivity (Wildman–Crippen MR) is 65.7 cm³/mol. The first-order valence-corrected chi connectivity index (χ1v) is 6.08. The Morgan fingerprint density at radius 3 is 2.44 bits per heavy atom. The fourth-order valence-electron chi connectivity index (χ4n) is 1.59. The molecule has 0 saturated heterocycles. The zero-order valence-corrected chi connectivity index (χ0v) is 11.4. The molecule has 0 amide bonds. The van der Waals surface area contributed by atoms with Gasteiger partial charge in [-0.25, -0.2) is 4.99 Å². The van der Waals surface area contributed by atoms with E-state index in [-0.39, 0.29) is 5.54 Å². The molecule has 1 aromatic rings. The van der Waals surface area contributed by atoms with Crippen molar-refractivity contribution in [3.05, 3.63) is 33.8 Å². The summed E-state index contributed by atoms with van der Waals surface area (Å²) in [6.07, 6.45) is -4.35. The maximum Gasteiger partial charge on any atom is 0.416 e. The molecule has 0 bridgehead atoms. The quantitative estimate of drug-likeness (QED) is 0.765. The highest BCUT2D eigenvalue weighted by Crippen LogP contribution is 2.33. The van der Waals surface area contributed by atoms with Gasteiger partial charge in [-0.3, -0.25) is 0 Å². The van der Waals surface area contributed by atoms with Gasteiger partial charge in [0, 0.05) is 4.47 Å². The Morgan fingerprint density at radius 1 is 1.33 bits per heavy atom. The molecule has 2 rings (SSSR count). The van der Waals surface area contributed by atoms with E-state index in [1.807, 2.05) is 13.8 Å². The molecule has 1 heterocycles. The van der Waals surface area contributed by atoms with Crippen molar-refractivity contribution in [2.75, 3.05) is 6.61 Å². The zero-order valence-electron chi connectivity index (χ0n) is 9.81. The largest absolute Gasteiger partial charge is 0.475 e.